The molecule has 160 valence electrons. The van der Waals surface area contributed by atoms with Gasteiger partial charge < -0.3 is 19.7 Å². The Morgan fingerprint density at radius 1 is 1.29 bits per heavy atom. The van der Waals surface area contributed by atoms with Crippen LogP contribution in [0.15, 0.2) is 17.4 Å². The van der Waals surface area contributed by atoms with E-state index in [0.29, 0.717) is 6.61 Å². The van der Waals surface area contributed by atoms with E-state index in [1.807, 2.05) is 24.1 Å². The zero-order valence-corrected chi connectivity index (χ0v) is 19.9. The van der Waals surface area contributed by atoms with E-state index in [-0.39, 0.29) is 35.6 Å². The molecule has 0 radical (unpaired) electrons. The molecule has 9 heteroatoms. The summed E-state index contributed by atoms with van der Waals surface area (Å²) in [6.07, 6.45) is 3.95. The third-order valence-corrected chi connectivity index (χ3v) is 5.28. The fourth-order valence-corrected chi connectivity index (χ4v) is 3.61. The van der Waals surface area contributed by atoms with Crippen molar-refractivity contribution < 1.29 is 9.47 Å². The summed E-state index contributed by atoms with van der Waals surface area (Å²) in [7, 11) is 1.93. The zero-order valence-electron chi connectivity index (χ0n) is 17.6. The number of halogens is 1. The van der Waals surface area contributed by atoms with E-state index >= 15 is 0 Å². The number of aliphatic imine (C=N–C) groups is 1. The van der Waals surface area contributed by atoms with E-state index < -0.39 is 0 Å². The number of nitrogens with zero attached hydrogens (tertiary/aromatic N) is 5. The Morgan fingerprint density at radius 2 is 2.04 bits per heavy atom. The molecule has 0 aromatic carbocycles. The number of ether oxygens (including phenoxy) is 2. The van der Waals surface area contributed by atoms with E-state index in [4.69, 9.17) is 14.5 Å². The van der Waals surface area contributed by atoms with Gasteiger partial charge in [-0.25, -0.2) is 0 Å². The van der Waals surface area contributed by atoms with Crippen LogP contribution in [-0.4, -0.2) is 90.2 Å². The van der Waals surface area contributed by atoms with Gasteiger partial charge in [0.2, 0.25) is 0 Å². The first kappa shape index (κ1) is 23.4. The standard InChI is InChI=1S/C19H34N6O2.HI/c1-5-20-18(21-15-19(2,3)25-7-9-26-10-8-25)24-6-11-27-17(14-24)16-12-22-23(4)13-16;/h12-13,17H,5-11,14-15H2,1-4H3,(H,20,21);1H. The molecule has 1 aromatic heterocycles. The zero-order chi connectivity index (χ0) is 19.3. The number of rotatable bonds is 5. The van der Waals surface area contributed by atoms with Crippen molar-refractivity contribution in [1.29, 1.82) is 0 Å². The van der Waals surface area contributed by atoms with Crippen LogP contribution >= 0.6 is 24.0 Å². The van der Waals surface area contributed by atoms with Crippen LogP contribution in [0.1, 0.15) is 32.4 Å². The maximum Gasteiger partial charge on any atom is 0.194 e. The van der Waals surface area contributed by atoms with Gasteiger partial charge in [0.25, 0.3) is 0 Å². The van der Waals surface area contributed by atoms with Gasteiger partial charge in [-0.3, -0.25) is 14.6 Å². The van der Waals surface area contributed by atoms with Gasteiger partial charge in [0, 0.05) is 50.5 Å². The lowest BCUT2D eigenvalue weighted by molar-refractivity contribution is -0.0103. The molecular formula is C19H35IN6O2. The number of morpholine rings is 2. The monoisotopic (exact) mass is 506 g/mol. The second-order valence-corrected chi connectivity index (χ2v) is 7.83. The summed E-state index contributed by atoms with van der Waals surface area (Å²) < 4.78 is 13.3. The Kier molecular flexibility index (Phi) is 8.97. The predicted molar refractivity (Wildman–Crippen MR) is 121 cm³/mol. The highest BCUT2D eigenvalue weighted by atomic mass is 127. The Morgan fingerprint density at radius 3 is 2.68 bits per heavy atom. The maximum atomic E-state index is 5.98. The van der Waals surface area contributed by atoms with Gasteiger partial charge in [0.1, 0.15) is 6.10 Å². The maximum absolute atomic E-state index is 5.98. The number of hydrogen-bond donors (Lipinski definition) is 1. The largest absolute Gasteiger partial charge is 0.379 e. The number of hydrogen-bond acceptors (Lipinski definition) is 5. The molecule has 1 aromatic rings. The summed E-state index contributed by atoms with van der Waals surface area (Å²) in [5.74, 6) is 0.969. The van der Waals surface area contributed by atoms with Gasteiger partial charge in [0.15, 0.2) is 5.96 Å². The van der Waals surface area contributed by atoms with Crippen LogP contribution in [0.25, 0.3) is 0 Å². The number of aryl methyl sites for hydroxylation is 1. The average molecular weight is 506 g/mol. The third-order valence-electron chi connectivity index (χ3n) is 5.28. The van der Waals surface area contributed by atoms with Crippen LogP contribution in [-0.2, 0) is 16.5 Å². The Balaban J connectivity index is 0.00000280. The summed E-state index contributed by atoms with van der Waals surface area (Å²) in [6, 6.07) is 0. The van der Waals surface area contributed by atoms with Crippen LogP contribution in [0.3, 0.4) is 0 Å². The average Bonchev–Trinajstić information content (AvgIpc) is 3.12. The molecule has 2 fully saturated rings. The summed E-state index contributed by atoms with van der Waals surface area (Å²) in [4.78, 5) is 9.77. The molecule has 28 heavy (non-hydrogen) atoms. The molecule has 1 unspecified atom stereocenters. The van der Waals surface area contributed by atoms with Crippen molar-refractivity contribution in [2.75, 3.05) is 59.1 Å². The summed E-state index contributed by atoms with van der Waals surface area (Å²) in [5, 5.41) is 7.74. The van der Waals surface area contributed by atoms with Crippen LogP contribution in [0.5, 0.6) is 0 Å². The Labute approximate surface area is 185 Å². The van der Waals surface area contributed by atoms with Gasteiger partial charge in [0.05, 0.1) is 39.1 Å². The normalized spacial score (nSPS) is 22.1. The molecule has 8 nitrogen and oxygen atoms in total. The van der Waals surface area contributed by atoms with Crippen molar-refractivity contribution >= 4 is 29.9 Å². The molecule has 3 heterocycles. The van der Waals surface area contributed by atoms with Gasteiger partial charge >= 0.3 is 0 Å². The lowest BCUT2D eigenvalue weighted by Crippen LogP contribution is -2.53. The van der Waals surface area contributed by atoms with Crippen LogP contribution < -0.4 is 5.32 Å². The quantitative estimate of drug-likeness (QED) is 0.371. The topological polar surface area (TPSA) is 67.2 Å². The van der Waals surface area contributed by atoms with Crippen molar-refractivity contribution in [3.05, 3.63) is 18.0 Å². The first-order chi connectivity index (χ1) is 13.0. The molecule has 3 rings (SSSR count). The SMILES string of the molecule is CCNC(=NCC(C)(C)N1CCOCC1)N1CCOC(c2cnn(C)c2)C1.I. The van der Waals surface area contributed by atoms with Crippen LogP contribution in [0.2, 0.25) is 0 Å². The molecule has 0 amide bonds. The van der Waals surface area contributed by atoms with Gasteiger partial charge in [-0.1, -0.05) is 0 Å². The van der Waals surface area contributed by atoms with Gasteiger partial charge in [-0.05, 0) is 20.8 Å². The molecule has 0 bridgehead atoms. The number of aromatic nitrogens is 2. The molecule has 2 aliphatic heterocycles. The first-order valence-electron chi connectivity index (χ1n) is 9.96. The van der Waals surface area contributed by atoms with Crippen molar-refractivity contribution in [1.82, 2.24) is 24.9 Å². The van der Waals surface area contributed by atoms with Crippen LogP contribution in [0, 0.1) is 0 Å². The number of guanidine groups is 1. The fraction of sp³-hybridized carbons (Fsp3) is 0.789. The van der Waals surface area contributed by atoms with Crippen molar-refractivity contribution in [2.45, 2.75) is 32.4 Å². The Bertz CT molecular complexity index is 630. The second-order valence-electron chi connectivity index (χ2n) is 7.83. The minimum atomic E-state index is 0. The van der Waals surface area contributed by atoms with Gasteiger partial charge in [-0.15, -0.1) is 24.0 Å². The van der Waals surface area contributed by atoms with E-state index in [1.54, 1.807) is 0 Å². The molecule has 1 N–H and O–H groups in total. The first-order valence-corrected chi connectivity index (χ1v) is 9.96. The lowest BCUT2D eigenvalue weighted by atomic mass is 10.0. The molecule has 0 aliphatic carbocycles. The fourth-order valence-electron chi connectivity index (χ4n) is 3.61. The van der Waals surface area contributed by atoms with E-state index in [0.717, 1.165) is 64.0 Å². The van der Waals surface area contributed by atoms with Crippen molar-refractivity contribution in [3.63, 3.8) is 0 Å². The molecule has 1 atom stereocenters. The lowest BCUT2D eigenvalue weighted by Gasteiger charge is -2.40. The highest BCUT2D eigenvalue weighted by molar-refractivity contribution is 14.0. The highest BCUT2D eigenvalue weighted by Gasteiger charge is 2.29. The van der Waals surface area contributed by atoms with E-state index in [1.165, 1.54) is 0 Å². The molecule has 2 aliphatic rings. The Hall–Kier alpha value is -0.910. The summed E-state index contributed by atoms with van der Waals surface area (Å²) >= 11 is 0. The summed E-state index contributed by atoms with van der Waals surface area (Å²) in [6.45, 7) is 14.1. The molecular weight excluding hydrogens is 471 g/mol. The smallest absolute Gasteiger partial charge is 0.194 e. The minimum absolute atomic E-state index is 0. The van der Waals surface area contributed by atoms with Gasteiger partial charge in [-0.2, -0.15) is 5.10 Å². The van der Waals surface area contributed by atoms with Crippen LogP contribution in [0.4, 0.5) is 0 Å². The van der Waals surface area contributed by atoms with E-state index in [9.17, 15) is 0 Å². The third kappa shape index (κ3) is 6.04. The summed E-state index contributed by atoms with van der Waals surface area (Å²) in [5.41, 5.74) is 1.13. The number of nitrogens with one attached hydrogen (secondary N) is 1. The van der Waals surface area contributed by atoms with Crippen molar-refractivity contribution in [3.8, 4) is 0 Å². The predicted octanol–water partition coefficient (Wildman–Crippen LogP) is 1.49. The van der Waals surface area contributed by atoms with E-state index in [2.05, 4.69) is 41.0 Å². The second kappa shape index (κ2) is 10.7. The molecule has 0 spiro atoms. The molecule has 2 saturated heterocycles. The highest BCUT2D eigenvalue weighted by Crippen LogP contribution is 2.22. The minimum Gasteiger partial charge on any atom is -0.379 e. The molecule has 0 saturated carbocycles. The van der Waals surface area contributed by atoms with Crippen molar-refractivity contribution in [2.24, 2.45) is 12.0 Å².